The number of hydrogen-bond donors (Lipinski definition) is 1. The number of tetrazole rings is 1. The molecule has 20 heavy (non-hydrogen) atoms. The van der Waals surface area contributed by atoms with E-state index in [2.05, 4.69) is 30.8 Å². The number of hydrogen-bond acceptors (Lipinski definition) is 6. The van der Waals surface area contributed by atoms with E-state index >= 15 is 0 Å². The molecule has 0 atom stereocenters. The van der Waals surface area contributed by atoms with Gasteiger partial charge in [-0.2, -0.15) is 0 Å². The van der Waals surface area contributed by atoms with Crippen LogP contribution >= 0.6 is 0 Å². The van der Waals surface area contributed by atoms with Crippen molar-refractivity contribution >= 4 is 5.69 Å². The molecular formula is C13H13N7. The molecule has 0 radical (unpaired) electrons. The molecule has 1 aromatic carbocycles. The molecule has 3 aromatic rings. The summed E-state index contributed by atoms with van der Waals surface area (Å²) in [5.41, 5.74) is 2.89. The maximum absolute atomic E-state index is 4.17. The van der Waals surface area contributed by atoms with Crippen LogP contribution in [0.5, 0.6) is 0 Å². The molecule has 0 saturated carbocycles. The van der Waals surface area contributed by atoms with E-state index in [-0.39, 0.29) is 0 Å². The molecule has 7 nitrogen and oxygen atoms in total. The molecule has 0 spiro atoms. The lowest BCUT2D eigenvalue weighted by Crippen LogP contribution is -2.02. The molecule has 2 heterocycles. The highest BCUT2D eigenvalue weighted by molar-refractivity contribution is 5.62. The van der Waals surface area contributed by atoms with Crippen LogP contribution in [0.4, 0.5) is 5.69 Å². The molecule has 100 valence electrons. The molecule has 7 heteroatoms. The van der Waals surface area contributed by atoms with E-state index in [1.54, 1.807) is 17.2 Å². The fraction of sp³-hybridized carbons (Fsp3) is 0.154. The quantitative estimate of drug-likeness (QED) is 0.767. The predicted molar refractivity (Wildman–Crippen MR) is 73.6 cm³/mol. The Morgan fingerprint density at radius 3 is 2.95 bits per heavy atom. The fourth-order valence-corrected chi connectivity index (χ4v) is 1.86. The zero-order chi connectivity index (χ0) is 13.8. The summed E-state index contributed by atoms with van der Waals surface area (Å²) >= 11 is 0. The zero-order valence-electron chi connectivity index (χ0n) is 10.9. The molecule has 0 amide bonds. The number of aromatic nitrogens is 6. The van der Waals surface area contributed by atoms with Gasteiger partial charge in [-0.3, -0.25) is 0 Å². The van der Waals surface area contributed by atoms with Crippen molar-refractivity contribution in [1.82, 2.24) is 30.2 Å². The van der Waals surface area contributed by atoms with E-state index in [0.29, 0.717) is 6.54 Å². The summed E-state index contributed by atoms with van der Waals surface area (Å²) in [5, 5.41) is 14.8. The van der Waals surface area contributed by atoms with Crippen LogP contribution in [0, 0.1) is 0 Å². The van der Waals surface area contributed by atoms with E-state index in [9.17, 15) is 0 Å². The molecule has 3 rings (SSSR count). The SMILES string of the molecule is Cn1nnnc1-c1cccc(NCc2ccncn2)c1. The third-order valence-electron chi connectivity index (χ3n) is 2.86. The Hall–Kier alpha value is -2.83. The summed E-state index contributed by atoms with van der Waals surface area (Å²) in [5.74, 6) is 0.732. The van der Waals surface area contributed by atoms with Gasteiger partial charge in [0.25, 0.3) is 0 Å². The first-order valence-corrected chi connectivity index (χ1v) is 6.14. The van der Waals surface area contributed by atoms with Crippen LogP contribution < -0.4 is 5.32 Å². The molecule has 0 unspecified atom stereocenters. The van der Waals surface area contributed by atoms with E-state index < -0.39 is 0 Å². The van der Waals surface area contributed by atoms with Gasteiger partial charge in [-0.25, -0.2) is 14.6 Å². The Kier molecular flexibility index (Phi) is 3.32. The van der Waals surface area contributed by atoms with Crippen molar-refractivity contribution in [1.29, 1.82) is 0 Å². The van der Waals surface area contributed by atoms with Crippen LogP contribution in [0.1, 0.15) is 5.69 Å². The summed E-state index contributed by atoms with van der Waals surface area (Å²) in [6.45, 7) is 0.642. The van der Waals surface area contributed by atoms with Crippen LogP contribution in [0.15, 0.2) is 42.9 Å². The first-order chi connectivity index (χ1) is 9.83. The largest absolute Gasteiger partial charge is 0.379 e. The van der Waals surface area contributed by atoms with Gasteiger partial charge in [-0.05, 0) is 28.6 Å². The van der Waals surface area contributed by atoms with Crippen molar-refractivity contribution in [3.05, 3.63) is 48.5 Å². The predicted octanol–water partition coefficient (Wildman–Crippen LogP) is 1.28. The monoisotopic (exact) mass is 267 g/mol. The second kappa shape index (κ2) is 5.43. The second-order valence-corrected chi connectivity index (χ2v) is 4.26. The molecule has 0 aliphatic rings. The lowest BCUT2D eigenvalue weighted by Gasteiger charge is -2.07. The van der Waals surface area contributed by atoms with Gasteiger partial charge in [0.2, 0.25) is 0 Å². The van der Waals surface area contributed by atoms with Gasteiger partial charge in [0, 0.05) is 24.5 Å². The number of aryl methyl sites for hydroxylation is 1. The molecule has 0 bridgehead atoms. The molecule has 2 aromatic heterocycles. The number of rotatable bonds is 4. The van der Waals surface area contributed by atoms with Crippen LogP contribution in [0.3, 0.4) is 0 Å². The third-order valence-corrected chi connectivity index (χ3v) is 2.86. The number of nitrogens with one attached hydrogen (secondary N) is 1. The van der Waals surface area contributed by atoms with Crippen LogP contribution in [-0.2, 0) is 13.6 Å². The van der Waals surface area contributed by atoms with Gasteiger partial charge in [0.05, 0.1) is 12.2 Å². The smallest absolute Gasteiger partial charge is 0.181 e. The summed E-state index contributed by atoms with van der Waals surface area (Å²) < 4.78 is 1.64. The van der Waals surface area contributed by atoms with Crippen molar-refractivity contribution in [3.8, 4) is 11.4 Å². The highest BCUT2D eigenvalue weighted by Gasteiger charge is 2.06. The minimum Gasteiger partial charge on any atom is -0.379 e. The normalized spacial score (nSPS) is 10.4. The number of benzene rings is 1. The molecule has 0 aliphatic carbocycles. The Bertz CT molecular complexity index is 693. The Morgan fingerprint density at radius 2 is 2.20 bits per heavy atom. The number of nitrogens with zero attached hydrogens (tertiary/aromatic N) is 6. The van der Waals surface area contributed by atoms with Crippen LogP contribution in [0.25, 0.3) is 11.4 Å². The molecule has 0 aliphatic heterocycles. The first-order valence-electron chi connectivity index (χ1n) is 6.14. The Labute approximate surface area is 115 Å². The molecule has 0 saturated heterocycles. The standard InChI is InChI=1S/C13H13N7/c1-20-13(17-18-19-20)10-3-2-4-11(7-10)15-8-12-5-6-14-9-16-12/h2-7,9,15H,8H2,1H3. The van der Waals surface area contributed by atoms with Gasteiger partial charge >= 0.3 is 0 Å². The molecule has 1 N–H and O–H groups in total. The van der Waals surface area contributed by atoms with Gasteiger partial charge in [0.15, 0.2) is 5.82 Å². The minimum atomic E-state index is 0.642. The van der Waals surface area contributed by atoms with Crippen LogP contribution in [0.2, 0.25) is 0 Å². The third kappa shape index (κ3) is 2.61. The topological polar surface area (TPSA) is 81.4 Å². The van der Waals surface area contributed by atoms with Crippen molar-refractivity contribution in [2.24, 2.45) is 7.05 Å². The summed E-state index contributed by atoms with van der Waals surface area (Å²) in [4.78, 5) is 8.06. The summed E-state index contributed by atoms with van der Waals surface area (Å²) in [7, 11) is 1.82. The summed E-state index contributed by atoms with van der Waals surface area (Å²) in [6.07, 6.45) is 3.27. The zero-order valence-corrected chi connectivity index (χ0v) is 10.9. The fourth-order valence-electron chi connectivity index (χ4n) is 1.86. The van der Waals surface area contributed by atoms with E-state index in [1.165, 1.54) is 0 Å². The average molecular weight is 267 g/mol. The Morgan fingerprint density at radius 1 is 1.25 bits per heavy atom. The van der Waals surface area contributed by atoms with E-state index in [1.807, 2.05) is 37.4 Å². The van der Waals surface area contributed by atoms with Crippen molar-refractivity contribution in [2.75, 3.05) is 5.32 Å². The summed E-state index contributed by atoms with van der Waals surface area (Å²) in [6, 6.07) is 9.82. The van der Waals surface area contributed by atoms with E-state index in [0.717, 1.165) is 22.8 Å². The maximum atomic E-state index is 4.17. The van der Waals surface area contributed by atoms with Crippen molar-refractivity contribution in [3.63, 3.8) is 0 Å². The number of anilines is 1. The highest BCUT2D eigenvalue weighted by Crippen LogP contribution is 2.19. The first kappa shape index (κ1) is 12.2. The van der Waals surface area contributed by atoms with Crippen molar-refractivity contribution < 1.29 is 0 Å². The van der Waals surface area contributed by atoms with Crippen molar-refractivity contribution in [2.45, 2.75) is 6.54 Å². The minimum absolute atomic E-state index is 0.642. The van der Waals surface area contributed by atoms with Gasteiger partial charge in [0.1, 0.15) is 6.33 Å². The van der Waals surface area contributed by atoms with E-state index in [4.69, 9.17) is 0 Å². The van der Waals surface area contributed by atoms with Gasteiger partial charge in [-0.1, -0.05) is 12.1 Å². The molecular weight excluding hydrogens is 254 g/mol. The lowest BCUT2D eigenvalue weighted by molar-refractivity contribution is 0.714. The van der Waals surface area contributed by atoms with Gasteiger partial charge < -0.3 is 5.32 Å². The molecule has 0 fully saturated rings. The Balaban J connectivity index is 1.77. The maximum Gasteiger partial charge on any atom is 0.181 e. The average Bonchev–Trinajstić information content (AvgIpc) is 2.93. The van der Waals surface area contributed by atoms with Gasteiger partial charge in [-0.15, -0.1) is 5.10 Å². The van der Waals surface area contributed by atoms with Crippen LogP contribution in [-0.4, -0.2) is 30.2 Å². The lowest BCUT2D eigenvalue weighted by atomic mass is 10.2. The second-order valence-electron chi connectivity index (χ2n) is 4.26. The highest BCUT2D eigenvalue weighted by atomic mass is 15.5.